The van der Waals surface area contributed by atoms with Crippen LogP contribution in [-0.2, 0) is 13.1 Å². The van der Waals surface area contributed by atoms with Crippen LogP contribution in [0.2, 0.25) is 0 Å². The fourth-order valence-corrected chi connectivity index (χ4v) is 2.08. The number of nitrogens with zero attached hydrogens (tertiary/aromatic N) is 2. The van der Waals surface area contributed by atoms with Crippen LogP contribution in [0.15, 0.2) is 41.1 Å². The Morgan fingerprint density at radius 3 is 2.85 bits per heavy atom. The van der Waals surface area contributed by atoms with Crippen molar-refractivity contribution in [2.45, 2.75) is 26.4 Å². The summed E-state index contributed by atoms with van der Waals surface area (Å²) in [6, 6.07) is 7.85. The van der Waals surface area contributed by atoms with Crippen molar-refractivity contribution < 1.29 is 4.74 Å². The summed E-state index contributed by atoms with van der Waals surface area (Å²) in [5.74, 6) is 0.880. The highest BCUT2D eigenvalue weighted by Gasteiger charge is 1.99. The SMILES string of the molecule is CCCNCc1cnn(CCOc2ccc(Br)cc2)c1. The fourth-order valence-electron chi connectivity index (χ4n) is 1.82. The van der Waals surface area contributed by atoms with Gasteiger partial charge < -0.3 is 10.1 Å². The molecule has 2 rings (SSSR count). The van der Waals surface area contributed by atoms with Crippen LogP contribution in [0.3, 0.4) is 0 Å². The molecule has 2 aromatic rings. The van der Waals surface area contributed by atoms with Crippen molar-refractivity contribution in [3.63, 3.8) is 0 Å². The van der Waals surface area contributed by atoms with Gasteiger partial charge in [0.15, 0.2) is 0 Å². The van der Waals surface area contributed by atoms with Crippen molar-refractivity contribution in [3.05, 3.63) is 46.7 Å². The van der Waals surface area contributed by atoms with Gasteiger partial charge in [0.25, 0.3) is 0 Å². The highest BCUT2D eigenvalue weighted by molar-refractivity contribution is 9.10. The minimum absolute atomic E-state index is 0.616. The lowest BCUT2D eigenvalue weighted by Crippen LogP contribution is -2.13. The largest absolute Gasteiger partial charge is 0.492 e. The van der Waals surface area contributed by atoms with Crippen LogP contribution < -0.4 is 10.1 Å². The standard InChI is InChI=1S/C15H20BrN3O/c1-2-7-17-10-13-11-18-19(12-13)8-9-20-15-5-3-14(16)4-6-15/h3-6,11-12,17H,2,7-10H2,1H3. The lowest BCUT2D eigenvalue weighted by molar-refractivity contribution is 0.291. The van der Waals surface area contributed by atoms with E-state index in [9.17, 15) is 0 Å². The Bertz CT molecular complexity index is 510. The normalized spacial score (nSPS) is 10.7. The Balaban J connectivity index is 1.72. The second kappa shape index (κ2) is 8.07. The monoisotopic (exact) mass is 337 g/mol. The Hall–Kier alpha value is -1.33. The zero-order chi connectivity index (χ0) is 14.2. The van der Waals surface area contributed by atoms with Gasteiger partial charge in [0.2, 0.25) is 0 Å². The Morgan fingerprint density at radius 2 is 2.10 bits per heavy atom. The average molecular weight is 338 g/mol. The lowest BCUT2D eigenvalue weighted by atomic mass is 10.3. The predicted molar refractivity (Wildman–Crippen MR) is 83.9 cm³/mol. The van der Waals surface area contributed by atoms with Gasteiger partial charge in [-0.15, -0.1) is 0 Å². The maximum atomic E-state index is 5.68. The second-order valence-electron chi connectivity index (χ2n) is 4.59. The van der Waals surface area contributed by atoms with Gasteiger partial charge in [-0.2, -0.15) is 5.10 Å². The van der Waals surface area contributed by atoms with Crippen molar-refractivity contribution >= 4 is 15.9 Å². The van der Waals surface area contributed by atoms with Gasteiger partial charge in [0.05, 0.1) is 12.7 Å². The van der Waals surface area contributed by atoms with Crippen LogP contribution >= 0.6 is 15.9 Å². The molecule has 0 amide bonds. The third-order valence-corrected chi connectivity index (χ3v) is 3.37. The molecule has 0 fully saturated rings. The number of aromatic nitrogens is 2. The summed E-state index contributed by atoms with van der Waals surface area (Å²) >= 11 is 3.40. The third-order valence-electron chi connectivity index (χ3n) is 2.85. The molecule has 0 saturated heterocycles. The predicted octanol–water partition coefficient (Wildman–Crippen LogP) is 3.22. The van der Waals surface area contributed by atoms with Crippen LogP contribution in [0.4, 0.5) is 0 Å². The first kappa shape index (κ1) is 15.1. The summed E-state index contributed by atoms with van der Waals surface area (Å²) in [6.07, 6.45) is 5.12. The molecule has 0 aliphatic carbocycles. The van der Waals surface area contributed by atoms with Gasteiger partial charge in [-0.25, -0.2) is 0 Å². The maximum Gasteiger partial charge on any atom is 0.119 e. The molecule has 1 heterocycles. The first-order valence-electron chi connectivity index (χ1n) is 6.88. The summed E-state index contributed by atoms with van der Waals surface area (Å²) < 4.78 is 8.65. The molecular formula is C15H20BrN3O. The Labute approximate surface area is 128 Å². The van der Waals surface area contributed by atoms with E-state index in [1.54, 1.807) is 0 Å². The lowest BCUT2D eigenvalue weighted by Gasteiger charge is -2.06. The van der Waals surface area contributed by atoms with Crippen molar-refractivity contribution in [1.82, 2.24) is 15.1 Å². The van der Waals surface area contributed by atoms with E-state index in [0.717, 1.165) is 36.3 Å². The van der Waals surface area contributed by atoms with Crippen molar-refractivity contribution in [3.8, 4) is 5.75 Å². The molecule has 1 N–H and O–H groups in total. The summed E-state index contributed by atoms with van der Waals surface area (Å²) in [5, 5.41) is 7.69. The van der Waals surface area contributed by atoms with Crippen molar-refractivity contribution in [1.29, 1.82) is 0 Å². The van der Waals surface area contributed by atoms with Crippen LogP contribution in [0.5, 0.6) is 5.75 Å². The quantitative estimate of drug-likeness (QED) is 0.751. The molecule has 0 aliphatic heterocycles. The van der Waals surface area contributed by atoms with Gasteiger partial charge in [-0.1, -0.05) is 22.9 Å². The number of hydrogen-bond donors (Lipinski definition) is 1. The van der Waals surface area contributed by atoms with Crippen LogP contribution in [0.1, 0.15) is 18.9 Å². The minimum atomic E-state index is 0.616. The molecule has 20 heavy (non-hydrogen) atoms. The first-order valence-corrected chi connectivity index (χ1v) is 7.67. The molecular weight excluding hydrogens is 318 g/mol. The highest BCUT2D eigenvalue weighted by Crippen LogP contribution is 2.15. The summed E-state index contributed by atoms with van der Waals surface area (Å²) in [6.45, 7) is 5.45. The van der Waals surface area contributed by atoms with E-state index < -0.39 is 0 Å². The van der Waals surface area contributed by atoms with Crippen LogP contribution in [-0.4, -0.2) is 22.9 Å². The van der Waals surface area contributed by atoms with E-state index in [0.29, 0.717) is 6.61 Å². The summed E-state index contributed by atoms with van der Waals surface area (Å²) in [7, 11) is 0. The zero-order valence-electron chi connectivity index (χ0n) is 11.7. The molecule has 108 valence electrons. The van der Waals surface area contributed by atoms with E-state index in [1.807, 2.05) is 35.1 Å². The van der Waals surface area contributed by atoms with Gasteiger partial charge in [-0.05, 0) is 37.2 Å². The van der Waals surface area contributed by atoms with Gasteiger partial charge in [-0.3, -0.25) is 4.68 Å². The third kappa shape index (κ3) is 4.98. The molecule has 0 atom stereocenters. The number of rotatable bonds is 8. The molecule has 1 aromatic carbocycles. The number of benzene rings is 1. The zero-order valence-corrected chi connectivity index (χ0v) is 13.3. The molecule has 0 saturated carbocycles. The van der Waals surface area contributed by atoms with Gasteiger partial charge in [0, 0.05) is 22.8 Å². The number of hydrogen-bond acceptors (Lipinski definition) is 3. The van der Waals surface area contributed by atoms with Crippen LogP contribution in [0, 0.1) is 0 Å². The number of ether oxygens (including phenoxy) is 1. The average Bonchev–Trinajstić information content (AvgIpc) is 2.89. The summed E-state index contributed by atoms with van der Waals surface area (Å²) in [4.78, 5) is 0. The van der Waals surface area contributed by atoms with Crippen LogP contribution in [0.25, 0.3) is 0 Å². The smallest absolute Gasteiger partial charge is 0.119 e. The molecule has 1 aromatic heterocycles. The van der Waals surface area contributed by atoms with E-state index in [4.69, 9.17) is 4.74 Å². The van der Waals surface area contributed by atoms with E-state index >= 15 is 0 Å². The molecule has 5 heteroatoms. The van der Waals surface area contributed by atoms with Gasteiger partial charge >= 0.3 is 0 Å². The maximum absolute atomic E-state index is 5.68. The molecule has 4 nitrogen and oxygen atoms in total. The molecule has 0 unspecified atom stereocenters. The Morgan fingerprint density at radius 1 is 1.30 bits per heavy atom. The van der Waals surface area contributed by atoms with E-state index in [1.165, 1.54) is 5.56 Å². The number of halogens is 1. The minimum Gasteiger partial charge on any atom is -0.492 e. The topological polar surface area (TPSA) is 39.1 Å². The molecule has 0 bridgehead atoms. The summed E-state index contributed by atoms with van der Waals surface area (Å²) in [5.41, 5.74) is 1.21. The first-order chi connectivity index (χ1) is 9.78. The number of nitrogens with one attached hydrogen (secondary N) is 1. The van der Waals surface area contributed by atoms with E-state index in [-0.39, 0.29) is 0 Å². The van der Waals surface area contributed by atoms with Gasteiger partial charge in [0.1, 0.15) is 12.4 Å². The van der Waals surface area contributed by atoms with Crippen molar-refractivity contribution in [2.75, 3.05) is 13.2 Å². The Kier molecular flexibility index (Phi) is 6.08. The second-order valence-corrected chi connectivity index (χ2v) is 5.51. The highest BCUT2D eigenvalue weighted by atomic mass is 79.9. The van der Waals surface area contributed by atoms with E-state index in [2.05, 4.69) is 39.5 Å². The molecule has 0 spiro atoms. The molecule has 0 radical (unpaired) electrons. The van der Waals surface area contributed by atoms with Crippen molar-refractivity contribution in [2.24, 2.45) is 0 Å². The fraction of sp³-hybridized carbons (Fsp3) is 0.400. The molecule has 0 aliphatic rings.